The Hall–Kier alpha value is -0.640. The van der Waals surface area contributed by atoms with Gasteiger partial charge < -0.3 is 4.90 Å². The average molecular weight is 261 g/mol. The van der Waals surface area contributed by atoms with Crippen LogP contribution in [-0.4, -0.2) is 57.5 Å². The quantitative estimate of drug-likeness (QED) is 0.678. The number of sulfone groups is 1. The molecule has 1 atom stereocenters. The lowest BCUT2D eigenvalue weighted by Crippen LogP contribution is -2.50. The van der Waals surface area contributed by atoms with Gasteiger partial charge in [0.1, 0.15) is 15.4 Å². The van der Waals surface area contributed by atoms with E-state index in [1.54, 1.807) is 0 Å². The number of hydrogen-bond acceptors (Lipinski definition) is 5. The summed E-state index contributed by atoms with van der Waals surface area (Å²) >= 11 is 0. The maximum absolute atomic E-state index is 11.0. The Bertz CT molecular complexity index is 361. The summed E-state index contributed by atoms with van der Waals surface area (Å²) in [4.78, 5) is 1.87. The van der Waals surface area contributed by atoms with E-state index in [1.165, 1.54) is 6.26 Å². The van der Waals surface area contributed by atoms with Gasteiger partial charge in [-0.3, -0.25) is 5.32 Å². The fourth-order valence-electron chi connectivity index (χ4n) is 1.47. The number of likely N-dealkylation sites (N-methyl/N-ethyl adjacent to an activating group) is 1. The van der Waals surface area contributed by atoms with Gasteiger partial charge in [-0.15, -0.1) is 0 Å². The molecule has 5 nitrogen and oxygen atoms in total. The highest BCUT2D eigenvalue weighted by atomic mass is 32.2. The van der Waals surface area contributed by atoms with Crippen molar-refractivity contribution in [3.05, 3.63) is 0 Å². The molecule has 0 fully saturated rings. The molecular weight excluding hydrogens is 238 g/mol. The van der Waals surface area contributed by atoms with E-state index < -0.39 is 15.4 Å². The summed E-state index contributed by atoms with van der Waals surface area (Å²) in [6.07, 6.45) is 2.18. The van der Waals surface area contributed by atoms with Gasteiger partial charge in [0.05, 0.1) is 11.8 Å². The molecule has 1 N–H and O–H groups in total. The molecule has 17 heavy (non-hydrogen) atoms. The predicted molar refractivity (Wildman–Crippen MR) is 69.5 cm³/mol. The smallest absolute Gasteiger partial charge is 0.148 e. The first-order chi connectivity index (χ1) is 7.72. The van der Waals surface area contributed by atoms with Crippen molar-refractivity contribution in [2.75, 3.05) is 38.7 Å². The molecule has 6 heteroatoms. The molecule has 0 aromatic rings. The van der Waals surface area contributed by atoms with Gasteiger partial charge in [-0.25, -0.2) is 8.42 Å². The highest BCUT2D eigenvalue weighted by Gasteiger charge is 2.24. The van der Waals surface area contributed by atoms with Crippen molar-refractivity contribution in [2.24, 2.45) is 0 Å². The first-order valence-electron chi connectivity index (χ1n) is 5.75. The van der Waals surface area contributed by atoms with Crippen molar-refractivity contribution in [1.82, 2.24) is 10.2 Å². The minimum absolute atomic E-state index is 0.124. The second kappa shape index (κ2) is 6.94. The maximum Gasteiger partial charge on any atom is 0.148 e. The molecule has 0 aromatic heterocycles. The number of rotatable bonds is 8. The molecule has 100 valence electrons. The van der Waals surface area contributed by atoms with Crippen LogP contribution in [0.15, 0.2) is 0 Å². The lowest BCUT2D eigenvalue weighted by atomic mass is 10.0. The fraction of sp³-hybridized carbons (Fsp3) is 0.909. The minimum atomic E-state index is -2.94. The van der Waals surface area contributed by atoms with E-state index in [-0.39, 0.29) is 5.75 Å². The van der Waals surface area contributed by atoms with Gasteiger partial charge in [-0.05, 0) is 26.9 Å². The van der Waals surface area contributed by atoms with E-state index in [4.69, 9.17) is 5.26 Å². The maximum atomic E-state index is 11.0. The van der Waals surface area contributed by atoms with Gasteiger partial charge in [0.25, 0.3) is 0 Å². The number of nitrogens with zero attached hydrogens (tertiary/aromatic N) is 2. The Morgan fingerprint density at radius 1 is 1.47 bits per heavy atom. The third-order valence-electron chi connectivity index (χ3n) is 2.44. The molecule has 0 aliphatic carbocycles. The molecule has 0 aromatic carbocycles. The zero-order chi connectivity index (χ0) is 13.5. The van der Waals surface area contributed by atoms with Crippen LogP contribution in [0, 0.1) is 11.3 Å². The van der Waals surface area contributed by atoms with Gasteiger partial charge in [-0.2, -0.15) is 5.26 Å². The van der Waals surface area contributed by atoms with Crippen LogP contribution in [0.2, 0.25) is 0 Å². The Labute approximate surface area is 105 Å². The molecule has 0 bridgehead atoms. The van der Waals surface area contributed by atoms with Crippen LogP contribution in [-0.2, 0) is 9.84 Å². The number of nitriles is 1. The third-order valence-corrected chi connectivity index (χ3v) is 3.37. The third kappa shape index (κ3) is 8.13. The molecule has 0 aliphatic rings. The van der Waals surface area contributed by atoms with E-state index >= 15 is 0 Å². The molecule has 0 spiro atoms. The molecular formula is C11H23N3O2S. The minimum Gasteiger partial charge on any atom is -0.302 e. The van der Waals surface area contributed by atoms with Crippen LogP contribution in [0.5, 0.6) is 0 Å². The Morgan fingerprint density at radius 3 is 2.47 bits per heavy atom. The standard InChI is InChI=1S/C11H23N3O2S/c1-5-6-13-11(2,9-12)10-14(3)7-8-17(4,15)16/h13H,5-8,10H2,1-4H3. The van der Waals surface area contributed by atoms with Crippen molar-refractivity contribution in [3.8, 4) is 6.07 Å². The van der Waals surface area contributed by atoms with Crippen LogP contribution >= 0.6 is 0 Å². The van der Waals surface area contributed by atoms with E-state index in [0.29, 0.717) is 13.1 Å². The van der Waals surface area contributed by atoms with Crippen molar-refractivity contribution in [2.45, 2.75) is 25.8 Å². The van der Waals surface area contributed by atoms with E-state index in [0.717, 1.165) is 13.0 Å². The number of nitrogens with one attached hydrogen (secondary N) is 1. The normalized spacial score (nSPS) is 15.5. The molecule has 0 amide bonds. The molecule has 0 heterocycles. The highest BCUT2D eigenvalue weighted by Crippen LogP contribution is 2.04. The molecule has 0 saturated heterocycles. The van der Waals surface area contributed by atoms with Crippen LogP contribution in [0.1, 0.15) is 20.3 Å². The van der Waals surface area contributed by atoms with Crippen LogP contribution in [0.25, 0.3) is 0 Å². The van der Waals surface area contributed by atoms with Crippen molar-refractivity contribution >= 4 is 9.84 Å². The lowest BCUT2D eigenvalue weighted by molar-refractivity contribution is 0.271. The zero-order valence-corrected chi connectivity index (χ0v) is 12.0. The first-order valence-corrected chi connectivity index (χ1v) is 7.81. The SMILES string of the molecule is CCCNC(C)(C#N)CN(C)CCS(C)(=O)=O. The second-order valence-electron chi connectivity index (χ2n) is 4.74. The molecule has 0 radical (unpaired) electrons. The van der Waals surface area contributed by atoms with Gasteiger partial charge in [0.15, 0.2) is 0 Å². The zero-order valence-electron chi connectivity index (χ0n) is 11.2. The summed E-state index contributed by atoms with van der Waals surface area (Å²) < 4.78 is 22.1. The van der Waals surface area contributed by atoms with E-state index in [9.17, 15) is 8.42 Å². The Kier molecular flexibility index (Phi) is 6.68. The van der Waals surface area contributed by atoms with Crippen LogP contribution < -0.4 is 5.32 Å². The average Bonchev–Trinajstić information content (AvgIpc) is 2.23. The van der Waals surface area contributed by atoms with Gasteiger partial charge >= 0.3 is 0 Å². The molecule has 0 aliphatic heterocycles. The van der Waals surface area contributed by atoms with Gasteiger partial charge in [0, 0.05) is 19.3 Å². The largest absolute Gasteiger partial charge is 0.302 e. The Balaban J connectivity index is 4.24. The summed E-state index contributed by atoms with van der Waals surface area (Å²) in [5.74, 6) is 0.124. The highest BCUT2D eigenvalue weighted by molar-refractivity contribution is 7.90. The summed E-state index contributed by atoms with van der Waals surface area (Å²) in [5.41, 5.74) is -0.623. The molecule has 1 unspecified atom stereocenters. The van der Waals surface area contributed by atoms with Gasteiger partial charge in [-0.1, -0.05) is 6.92 Å². The second-order valence-corrected chi connectivity index (χ2v) is 7.00. The van der Waals surface area contributed by atoms with Crippen molar-refractivity contribution < 1.29 is 8.42 Å². The summed E-state index contributed by atoms with van der Waals surface area (Å²) in [6.45, 7) is 5.62. The monoisotopic (exact) mass is 261 g/mol. The summed E-state index contributed by atoms with van der Waals surface area (Å²) in [6, 6.07) is 2.24. The summed E-state index contributed by atoms with van der Waals surface area (Å²) in [7, 11) is -1.12. The summed E-state index contributed by atoms with van der Waals surface area (Å²) in [5, 5.41) is 12.3. The number of hydrogen-bond donors (Lipinski definition) is 1. The van der Waals surface area contributed by atoms with E-state index in [1.807, 2.05) is 25.8 Å². The van der Waals surface area contributed by atoms with Gasteiger partial charge in [0.2, 0.25) is 0 Å². The predicted octanol–water partition coefficient (Wildman–Crippen LogP) is 0.245. The Morgan fingerprint density at radius 2 is 2.06 bits per heavy atom. The molecule has 0 saturated carbocycles. The topological polar surface area (TPSA) is 73.2 Å². The fourth-order valence-corrected chi connectivity index (χ4v) is 2.12. The van der Waals surface area contributed by atoms with Crippen LogP contribution in [0.3, 0.4) is 0 Å². The molecule has 0 rings (SSSR count). The lowest BCUT2D eigenvalue weighted by Gasteiger charge is -2.28. The van der Waals surface area contributed by atoms with Crippen molar-refractivity contribution in [1.29, 1.82) is 5.26 Å². The van der Waals surface area contributed by atoms with Crippen LogP contribution in [0.4, 0.5) is 0 Å². The van der Waals surface area contributed by atoms with Crippen molar-refractivity contribution in [3.63, 3.8) is 0 Å². The van der Waals surface area contributed by atoms with E-state index in [2.05, 4.69) is 11.4 Å². The first kappa shape index (κ1) is 16.4.